The van der Waals surface area contributed by atoms with Gasteiger partial charge in [-0.15, -0.1) is 0 Å². The molecule has 2 atom stereocenters. The molecule has 1 heterocycles. The number of amides is 1. The molecule has 2 rings (SSSR count). The van der Waals surface area contributed by atoms with E-state index in [9.17, 15) is 4.79 Å². The topological polar surface area (TPSA) is 68.8 Å². The van der Waals surface area contributed by atoms with Crippen LogP contribution in [0.4, 0.5) is 5.69 Å². The summed E-state index contributed by atoms with van der Waals surface area (Å²) in [5.74, 6) is 1.14. The van der Waals surface area contributed by atoms with E-state index in [2.05, 4.69) is 59.6 Å². The lowest BCUT2D eigenvalue weighted by molar-refractivity contribution is -0.115. The van der Waals surface area contributed by atoms with Crippen molar-refractivity contribution in [1.29, 1.82) is 0 Å². The second kappa shape index (κ2) is 9.57. The number of nitrogens with one attached hydrogen (secondary N) is 3. The van der Waals surface area contributed by atoms with E-state index in [0.717, 1.165) is 25.2 Å². The number of anilines is 1. The molecule has 0 aliphatic carbocycles. The van der Waals surface area contributed by atoms with Crippen molar-refractivity contribution in [1.82, 2.24) is 15.5 Å². The summed E-state index contributed by atoms with van der Waals surface area (Å²) in [5, 5.41) is 9.50. The minimum atomic E-state index is -0.0792. The molecule has 1 amide bonds. The van der Waals surface area contributed by atoms with Gasteiger partial charge in [0, 0.05) is 37.9 Å². The van der Waals surface area contributed by atoms with Crippen LogP contribution in [0, 0.1) is 5.92 Å². The summed E-state index contributed by atoms with van der Waals surface area (Å²) in [6, 6.07) is 8.82. The van der Waals surface area contributed by atoms with E-state index in [1.807, 2.05) is 18.2 Å². The summed E-state index contributed by atoms with van der Waals surface area (Å²) in [6.07, 6.45) is 0.950. The van der Waals surface area contributed by atoms with E-state index in [-0.39, 0.29) is 12.5 Å². The average Bonchev–Trinajstić information content (AvgIpc) is 2.99. The van der Waals surface area contributed by atoms with Gasteiger partial charge in [-0.1, -0.05) is 26.0 Å². The first-order valence-corrected chi connectivity index (χ1v) is 9.53. The van der Waals surface area contributed by atoms with Gasteiger partial charge in [-0.3, -0.25) is 14.7 Å². The maximum Gasteiger partial charge on any atom is 0.243 e. The van der Waals surface area contributed by atoms with E-state index in [0.29, 0.717) is 24.0 Å². The lowest BCUT2D eigenvalue weighted by Gasteiger charge is -2.21. The molecule has 1 aliphatic heterocycles. The van der Waals surface area contributed by atoms with Gasteiger partial charge in [0.2, 0.25) is 5.91 Å². The molecule has 1 aliphatic rings. The number of aliphatic imine (C=N–C) groups is 1. The number of rotatable bonds is 6. The monoisotopic (exact) mass is 359 g/mol. The molecule has 2 unspecified atom stereocenters. The normalized spacial score (nSPS) is 21.1. The minimum Gasteiger partial charge on any atom is -0.352 e. The third-order valence-electron chi connectivity index (χ3n) is 4.95. The number of guanidine groups is 1. The SMILES string of the molecule is CCc1cccc(NC(=O)CNC(=NC)NC2CN(C(C)C)CC2C)c1. The third-order valence-corrected chi connectivity index (χ3v) is 4.95. The number of benzene rings is 1. The molecule has 0 aromatic heterocycles. The zero-order chi connectivity index (χ0) is 19.1. The van der Waals surface area contributed by atoms with Crippen LogP contribution in [0.5, 0.6) is 0 Å². The minimum absolute atomic E-state index is 0.0792. The van der Waals surface area contributed by atoms with Crippen LogP contribution in [-0.4, -0.2) is 55.5 Å². The number of hydrogen-bond acceptors (Lipinski definition) is 3. The lowest BCUT2D eigenvalue weighted by Crippen LogP contribution is -2.48. The molecule has 1 saturated heterocycles. The molecule has 1 fully saturated rings. The zero-order valence-electron chi connectivity index (χ0n) is 16.7. The Kier molecular flexibility index (Phi) is 7.45. The summed E-state index contributed by atoms with van der Waals surface area (Å²) in [4.78, 5) is 18.9. The Hall–Kier alpha value is -2.08. The van der Waals surface area contributed by atoms with Crippen LogP contribution in [-0.2, 0) is 11.2 Å². The fourth-order valence-corrected chi connectivity index (χ4v) is 3.22. The van der Waals surface area contributed by atoms with Crippen molar-refractivity contribution in [2.75, 3.05) is 32.0 Å². The van der Waals surface area contributed by atoms with Gasteiger partial charge in [-0.05, 0) is 43.9 Å². The smallest absolute Gasteiger partial charge is 0.243 e. The standard InChI is InChI=1S/C20H33N5O/c1-6-16-8-7-9-17(10-16)23-19(26)11-22-20(21-5)24-18-13-25(14(2)3)12-15(18)4/h7-10,14-15,18H,6,11-13H2,1-5H3,(H,23,26)(H2,21,22,24). The van der Waals surface area contributed by atoms with Crippen molar-refractivity contribution in [3.63, 3.8) is 0 Å². The molecule has 1 aromatic carbocycles. The number of carbonyl (C=O) groups excluding carboxylic acids is 1. The van der Waals surface area contributed by atoms with Crippen molar-refractivity contribution in [3.05, 3.63) is 29.8 Å². The van der Waals surface area contributed by atoms with Crippen molar-refractivity contribution >= 4 is 17.6 Å². The van der Waals surface area contributed by atoms with Gasteiger partial charge < -0.3 is 16.0 Å². The Morgan fingerprint density at radius 1 is 1.35 bits per heavy atom. The van der Waals surface area contributed by atoms with Crippen LogP contribution in [0.1, 0.15) is 33.3 Å². The molecule has 6 nitrogen and oxygen atoms in total. The number of carbonyl (C=O) groups is 1. The van der Waals surface area contributed by atoms with Gasteiger partial charge in [-0.2, -0.15) is 0 Å². The maximum atomic E-state index is 12.2. The molecule has 0 saturated carbocycles. The predicted molar refractivity (Wildman–Crippen MR) is 109 cm³/mol. The van der Waals surface area contributed by atoms with Gasteiger partial charge in [0.15, 0.2) is 5.96 Å². The molecule has 144 valence electrons. The van der Waals surface area contributed by atoms with Crippen LogP contribution in [0.15, 0.2) is 29.3 Å². The van der Waals surface area contributed by atoms with Gasteiger partial charge in [0.05, 0.1) is 6.54 Å². The Labute approximate surface area is 157 Å². The van der Waals surface area contributed by atoms with E-state index in [1.54, 1.807) is 7.05 Å². The first-order chi connectivity index (χ1) is 12.4. The highest BCUT2D eigenvalue weighted by Crippen LogP contribution is 2.18. The van der Waals surface area contributed by atoms with E-state index < -0.39 is 0 Å². The number of nitrogens with zero attached hydrogens (tertiary/aromatic N) is 2. The van der Waals surface area contributed by atoms with E-state index >= 15 is 0 Å². The van der Waals surface area contributed by atoms with Crippen LogP contribution in [0.25, 0.3) is 0 Å². The molecule has 0 bridgehead atoms. The quantitative estimate of drug-likeness (QED) is 0.537. The van der Waals surface area contributed by atoms with Gasteiger partial charge in [-0.25, -0.2) is 0 Å². The van der Waals surface area contributed by atoms with Crippen LogP contribution >= 0.6 is 0 Å². The second-order valence-electron chi connectivity index (χ2n) is 7.30. The molecule has 1 aromatic rings. The highest BCUT2D eigenvalue weighted by atomic mass is 16.1. The Balaban J connectivity index is 1.82. The third kappa shape index (κ3) is 5.73. The molecule has 0 spiro atoms. The number of aryl methyl sites for hydroxylation is 1. The van der Waals surface area contributed by atoms with Crippen LogP contribution < -0.4 is 16.0 Å². The van der Waals surface area contributed by atoms with E-state index in [4.69, 9.17) is 0 Å². The fraction of sp³-hybridized carbons (Fsp3) is 0.600. The highest BCUT2D eigenvalue weighted by molar-refractivity contribution is 5.95. The first-order valence-electron chi connectivity index (χ1n) is 9.53. The summed E-state index contributed by atoms with van der Waals surface area (Å²) >= 11 is 0. The summed E-state index contributed by atoms with van der Waals surface area (Å²) in [5.41, 5.74) is 2.04. The van der Waals surface area contributed by atoms with Gasteiger partial charge >= 0.3 is 0 Å². The number of hydrogen-bond donors (Lipinski definition) is 3. The zero-order valence-corrected chi connectivity index (χ0v) is 16.7. The molecule has 3 N–H and O–H groups in total. The molecule has 6 heteroatoms. The molecule has 0 radical (unpaired) electrons. The van der Waals surface area contributed by atoms with Crippen molar-refractivity contribution in [2.45, 2.75) is 46.2 Å². The highest BCUT2D eigenvalue weighted by Gasteiger charge is 2.31. The van der Waals surface area contributed by atoms with Gasteiger partial charge in [0.1, 0.15) is 0 Å². The van der Waals surface area contributed by atoms with Crippen molar-refractivity contribution in [2.24, 2.45) is 10.9 Å². The van der Waals surface area contributed by atoms with Crippen LogP contribution in [0.3, 0.4) is 0 Å². The van der Waals surface area contributed by atoms with Crippen molar-refractivity contribution in [3.8, 4) is 0 Å². The summed E-state index contributed by atoms with van der Waals surface area (Å²) in [7, 11) is 1.73. The Morgan fingerprint density at radius 3 is 2.73 bits per heavy atom. The Bertz CT molecular complexity index is 628. The summed E-state index contributed by atoms with van der Waals surface area (Å²) in [6.45, 7) is 11.1. The Morgan fingerprint density at radius 2 is 2.12 bits per heavy atom. The largest absolute Gasteiger partial charge is 0.352 e. The molecule has 26 heavy (non-hydrogen) atoms. The first kappa shape index (κ1) is 20.2. The van der Waals surface area contributed by atoms with Crippen LogP contribution in [0.2, 0.25) is 0 Å². The second-order valence-corrected chi connectivity index (χ2v) is 7.30. The average molecular weight is 360 g/mol. The van der Waals surface area contributed by atoms with Crippen molar-refractivity contribution < 1.29 is 4.79 Å². The van der Waals surface area contributed by atoms with E-state index in [1.165, 1.54) is 5.56 Å². The maximum absolute atomic E-state index is 12.2. The number of likely N-dealkylation sites (tertiary alicyclic amines) is 1. The lowest BCUT2D eigenvalue weighted by atomic mass is 10.1. The van der Waals surface area contributed by atoms with Gasteiger partial charge in [0.25, 0.3) is 0 Å². The molecular weight excluding hydrogens is 326 g/mol. The molecular formula is C20H33N5O. The predicted octanol–water partition coefficient (Wildman–Crippen LogP) is 2.08. The summed E-state index contributed by atoms with van der Waals surface area (Å²) < 4.78 is 0. The fourth-order valence-electron chi connectivity index (χ4n) is 3.22.